The molecule has 0 radical (unpaired) electrons. The Kier molecular flexibility index (Phi) is 2.86. The summed E-state index contributed by atoms with van der Waals surface area (Å²) in [7, 11) is 0. The fourth-order valence-electron chi connectivity index (χ4n) is 1.25. The Hall–Kier alpha value is -0.780. The molecule has 0 saturated carbocycles. The van der Waals surface area contributed by atoms with Crippen molar-refractivity contribution >= 4 is 27.3 Å². The molecule has 78 valence electrons. The largest absolute Gasteiger partial charge is 0.378 e. The predicted octanol–water partition coefficient (Wildman–Crippen LogP) is 2.56. The number of aromatic nitrogens is 2. The molecule has 0 fully saturated rings. The van der Waals surface area contributed by atoms with Crippen LogP contribution < -0.4 is 0 Å². The molecule has 1 N–H and O–H groups in total. The molecule has 0 aromatic carbocycles. The first-order valence-electron chi connectivity index (χ1n) is 4.35. The molecule has 2 aromatic rings. The summed E-state index contributed by atoms with van der Waals surface area (Å²) in [5.41, 5.74) is -0.336. The van der Waals surface area contributed by atoms with Gasteiger partial charge in [-0.2, -0.15) is 0 Å². The zero-order chi connectivity index (χ0) is 10.9. The van der Waals surface area contributed by atoms with E-state index in [1.807, 2.05) is 11.4 Å². The number of hydrogen-bond acceptors (Lipinski definition) is 4. The molecule has 0 bridgehead atoms. The molecule has 5 heteroatoms. The third-order valence-corrected chi connectivity index (χ3v) is 3.88. The van der Waals surface area contributed by atoms with Gasteiger partial charge in [0.2, 0.25) is 0 Å². The standard InChI is InChI=1S/C10H9BrN2OS/c1-10(14,7-3-2-4-12-5-7)9-13-8(11)6-15-9/h2-6,14H,1H3. The van der Waals surface area contributed by atoms with Crippen LogP contribution in [0.1, 0.15) is 17.5 Å². The van der Waals surface area contributed by atoms with Crippen LogP contribution in [0.3, 0.4) is 0 Å². The highest BCUT2D eigenvalue weighted by Crippen LogP contribution is 2.31. The lowest BCUT2D eigenvalue weighted by molar-refractivity contribution is 0.101. The second-order valence-corrected chi connectivity index (χ2v) is 4.96. The van der Waals surface area contributed by atoms with Gasteiger partial charge in [0.1, 0.15) is 15.2 Å². The van der Waals surface area contributed by atoms with Gasteiger partial charge in [0, 0.05) is 23.3 Å². The molecule has 0 saturated heterocycles. The van der Waals surface area contributed by atoms with Crippen LogP contribution in [0.5, 0.6) is 0 Å². The van der Waals surface area contributed by atoms with Crippen LogP contribution in [0.25, 0.3) is 0 Å². The number of nitrogens with zero attached hydrogens (tertiary/aromatic N) is 2. The van der Waals surface area contributed by atoms with Crippen molar-refractivity contribution in [2.24, 2.45) is 0 Å². The van der Waals surface area contributed by atoms with Gasteiger partial charge in [0.05, 0.1) is 0 Å². The van der Waals surface area contributed by atoms with Crippen LogP contribution in [-0.4, -0.2) is 15.1 Å². The molecule has 0 amide bonds. The summed E-state index contributed by atoms with van der Waals surface area (Å²) in [4.78, 5) is 8.20. The summed E-state index contributed by atoms with van der Waals surface area (Å²) in [6.07, 6.45) is 3.33. The molecule has 1 atom stereocenters. The molecule has 0 aliphatic heterocycles. The highest BCUT2D eigenvalue weighted by Gasteiger charge is 2.29. The predicted molar refractivity (Wildman–Crippen MR) is 62.7 cm³/mol. The van der Waals surface area contributed by atoms with Gasteiger partial charge >= 0.3 is 0 Å². The fourth-order valence-corrected chi connectivity index (χ4v) is 2.59. The second-order valence-electron chi connectivity index (χ2n) is 3.29. The maximum absolute atomic E-state index is 10.4. The monoisotopic (exact) mass is 284 g/mol. The molecule has 0 aliphatic rings. The summed E-state index contributed by atoms with van der Waals surface area (Å²) in [5.74, 6) is 0. The molecular formula is C10H9BrN2OS. The van der Waals surface area contributed by atoms with Gasteiger partial charge in [-0.1, -0.05) is 6.07 Å². The zero-order valence-corrected chi connectivity index (χ0v) is 10.4. The van der Waals surface area contributed by atoms with Crippen LogP contribution in [0.4, 0.5) is 0 Å². The minimum atomic E-state index is -1.08. The number of rotatable bonds is 2. The topological polar surface area (TPSA) is 46.0 Å². The van der Waals surface area contributed by atoms with Crippen molar-refractivity contribution in [1.82, 2.24) is 9.97 Å². The minimum Gasteiger partial charge on any atom is -0.378 e. The van der Waals surface area contributed by atoms with Gasteiger partial charge < -0.3 is 5.11 Å². The van der Waals surface area contributed by atoms with Gasteiger partial charge in [0.25, 0.3) is 0 Å². The summed E-state index contributed by atoms with van der Waals surface area (Å²) in [6, 6.07) is 3.63. The van der Waals surface area contributed by atoms with Gasteiger partial charge in [0.15, 0.2) is 0 Å². The number of pyridine rings is 1. The van der Waals surface area contributed by atoms with Crippen molar-refractivity contribution < 1.29 is 5.11 Å². The van der Waals surface area contributed by atoms with Crippen molar-refractivity contribution in [3.63, 3.8) is 0 Å². The molecular weight excluding hydrogens is 276 g/mol. The van der Waals surface area contributed by atoms with E-state index in [0.717, 1.165) is 10.2 Å². The normalized spacial score (nSPS) is 14.9. The summed E-state index contributed by atoms with van der Waals surface area (Å²) >= 11 is 4.69. The van der Waals surface area contributed by atoms with E-state index in [1.165, 1.54) is 11.3 Å². The molecule has 0 aliphatic carbocycles. The highest BCUT2D eigenvalue weighted by molar-refractivity contribution is 9.10. The Morgan fingerprint density at radius 3 is 2.87 bits per heavy atom. The molecule has 1 unspecified atom stereocenters. The highest BCUT2D eigenvalue weighted by atomic mass is 79.9. The van der Waals surface area contributed by atoms with Crippen LogP contribution in [0.2, 0.25) is 0 Å². The van der Waals surface area contributed by atoms with Crippen molar-refractivity contribution in [1.29, 1.82) is 0 Å². The Bertz CT molecular complexity index is 455. The molecule has 2 aromatic heterocycles. The van der Waals surface area contributed by atoms with Crippen molar-refractivity contribution in [2.75, 3.05) is 0 Å². The average Bonchev–Trinajstić information content (AvgIpc) is 2.67. The van der Waals surface area contributed by atoms with Gasteiger partial charge in [-0.25, -0.2) is 4.98 Å². The third kappa shape index (κ3) is 2.09. The Morgan fingerprint density at radius 1 is 1.53 bits per heavy atom. The Morgan fingerprint density at radius 2 is 2.33 bits per heavy atom. The Labute approximate surface area is 100.0 Å². The van der Waals surface area contributed by atoms with E-state index in [4.69, 9.17) is 0 Å². The van der Waals surface area contributed by atoms with Crippen LogP contribution >= 0.6 is 27.3 Å². The smallest absolute Gasteiger partial charge is 0.140 e. The summed E-state index contributed by atoms with van der Waals surface area (Å²) in [5, 5.41) is 12.9. The van der Waals surface area contributed by atoms with Gasteiger partial charge in [-0.05, 0) is 28.9 Å². The lowest BCUT2D eigenvalue weighted by Crippen LogP contribution is -2.22. The molecule has 2 rings (SSSR count). The van der Waals surface area contributed by atoms with E-state index in [-0.39, 0.29) is 0 Å². The number of thiazole rings is 1. The first kappa shape index (κ1) is 10.7. The van der Waals surface area contributed by atoms with E-state index in [0.29, 0.717) is 5.01 Å². The number of aliphatic hydroxyl groups is 1. The lowest BCUT2D eigenvalue weighted by Gasteiger charge is -2.20. The van der Waals surface area contributed by atoms with E-state index < -0.39 is 5.60 Å². The lowest BCUT2D eigenvalue weighted by atomic mass is 9.99. The fraction of sp³-hybridized carbons (Fsp3) is 0.200. The van der Waals surface area contributed by atoms with Crippen LogP contribution in [-0.2, 0) is 5.60 Å². The van der Waals surface area contributed by atoms with Gasteiger partial charge in [-0.15, -0.1) is 11.3 Å². The molecule has 3 nitrogen and oxygen atoms in total. The van der Waals surface area contributed by atoms with E-state index in [1.54, 1.807) is 25.4 Å². The van der Waals surface area contributed by atoms with E-state index in [9.17, 15) is 5.11 Å². The quantitative estimate of drug-likeness (QED) is 0.922. The summed E-state index contributed by atoms with van der Waals surface area (Å²) < 4.78 is 0.742. The van der Waals surface area contributed by atoms with Gasteiger partial charge in [-0.3, -0.25) is 4.98 Å². The minimum absolute atomic E-state index is 0.655. The van der Waals surface area contributed by atoms with Crippen LogP contribution in [0, 0.1) is 0 Å². The molecule has 2 heterocycles. The van der Waals surface area contributed by atoms with Crippen molar-refractivity contribution in [3.8, 4) is 0 Å². The summed E-state index contributed by atoms with van der Waals surface area (Å²) in [6.45, 7) is 1.72. The zero-order valence-electron chi connectivity index (χ0n) is 8.01. The maximum Gasteiger partial charge on any atom is 0.140 e. The van der Waals surface area contributed by atoms with E-state index >= 15 is 0 Å². The van der Waals surface area contributed by atoms with E-state index in [2.05, 4.69) is 25.9 Å². The average molecular weight is 285 g/mol. The maximum atomic E-state index is 10.4. The Balaban J connectivity index is 2.43. The first-order chi connectivity index (χ1) is 7.10. The van der Waals surface area contributed by atoms with Crippen molar-refractivity contribution in [3.05, 3.63) is 45.1 Å². The number of hydrogen-bond donors (Lipinski definition) is 1. The number of halogens is 1. The SMILES string of the molecule is CC(O)(c1cccnc1)c1nc(Br)cs1. The molecule has 0 spiro atoms. The third-order valence-electron chi connectivity index (χ3n) is 2.12. The molecule has 15 heavy (non-hydrogen) atoms. The van der Waals surface area contributed by atoms with Crippen molar-refractivity contribution in [2.45, 2.75) is 12.5 Å². The second kappa shape index (κ2) is 4.00. The first-order valence-corrected chi connectivity index (χ1v) is 6.02. The van der Waals surface area contributed by atoms with Crippen LogP contribution in [0.15, 0.2) is 34.5 Å².